The molecule has 1 heterocycles. The van der Waals surface area contributed by atoms with Gasteiger partial charge < -0.3 is 15.1 Å². The quantitative estimate of drug-likeness (QED) is 0.837. The zero-order valence-corrected chi connectivity index (χ0v) is 11.0. The smallest absolute Gasteiger partial charge is 0.253 e. The lowest BCUT2D eigenvalue weighted by molar-refractivity contribution is 0.0949. The summed E-state index contributed by atoms with van der Waals surface area (Å²) in [5, 5.41) is 6.10. The summed E-state index contributed by atoms with van der Waals surface area (Å²) in [6.45, 7) is 3.34. The van der Waals surface area contributed by atoms with Crippen molar-refractivity contribution in [3.63, 3.8) is 0 Å². The van der Waals surface area contributed by atoms with E-state index in [0.717, 1.165) is 24.4 Å². The van der Waals surface area contributed by atoms with Gasteiger partial charge in [0.05, 0.1) is 18.4 Å². The van der Waals surface area contributed by atoms with Crippen LogP contribution in [-0.4, -0.2) is 12.5 Å². The zero-order valence-electron chi connectivity index (χ0n) is 11.0. The molecule has 100 valence electrons. The molecule has 0 aliphatic rings. The van der Waals surface area contributed by atoms with Crippen molar-refractivity contribution in [1.29, 1.82) is 0 Å². The van der Waals surface area contributed by atoms with Crippen molar-refractivity contribution in [1.82, 2.24) is 5.32 Å². The van der Waals surface area contributed by atoms with Crippen molar-refractivity contribution in [2.45, 2.75) is 19.9 Å². The van der Waals surface area contributed by atoms with E-state index in [1.165, 1.54) is 0 Å². The molecule has 2 aromatic rings. The molecule has 2 rings (SSSR count). The molecule has 19 heavy (non-hydrogen) atoms. The molecule has 2 N–H and O–H groups in total. The Morgan fingerprint density at radius 3 is 2.79 bits per heavy atom. The molecule has 1 aromatic heterocycles. The molecule has 0 bridgehead atoms. The van der Waals surface area contributed by atoms with Gasteiger partial charge in [-0.25, -0.2) is 0 Å². The van der Waals surface area contributed by atoms with Crippen molar-refractivity contribution in [2.75, 3.05) is 11.9 Å². The average molecular weight is 258 g/mol. The van der Waals surface area contributed by atoms with Crippen LogP contribution in [0.2, 0.25) is 0 Å². The first-order valence-corrected chi connectivity index (χ1v) is 6.44. The number of carbonyl (C=O) groups excluding carboxylic acids is 1. The maximum absolute atomic E-state index is 12.1. The number of amides is 1. The van der Waals surface area contributed by atoms with Crippen LogP contribution in [0.5, 0.6) is 0 Å². The van der Waals surface area contributed by atoms with Crippen LogP contribution in [-0.2, 0) is 6.54 Å². The summed E-state index contributed by atoms with van der Waals surface area (Å²) in [5.74, 6) is 0.642. The topological polar surface area (TPSA) is 54.3 Å². The van der Waals surface area contributed by atoms with Gasteiger partial charge in [-0.2, -0.15) is 0 Å². The fourth-order valence-corrected chi connectivity index (χ4v) is 1.77. The van der Waals surface area contributed by atoms with Gasteiger partial charge in [-0.3, -0.25) is 4.79 Å². The van der Waals surface area contributed by atoms with Gasteiger partial charge in [0.1, 0.15) is 5.76 Å². The summed E-state index contributed by atoms with van der Waals surface area (Å²) in [6, 6.07) is 11.1. The van der Waals surface area contributed by atoms with Crippen LogP contribution in [0.3, 0.4) is 0 Å². The lowest BCUT2D eigenvalue weighted by atomic mass is 10.1. The Labute approximate surface area is 112 Å². The Balaban J connectivity index is 2.01. The van der Waals surface area contributed by atoms with E-state index in [1.54, 1.807) is 12.3 Å². The Bertz CT molecular complexity index is 521. The normalized spacial score (nSPS) is 10.2. The third kappa shape index (κ3) is 3.61. The van der Waals surface area contributed by atoms with Gasteiger partial charge in [-0.1, -0.05) is 19.1 Å². The third-order valence-corrected chi connectivity index (χ3v) is 2.74. The maximum Gasteiger partial charge on any atom is 0.253 e. The molecule has 1 amide bonds. The Morgan fingerprint density at radius 1 is 1.21 bits per heavy atom. The standard InChI is InChI=1S/C15H18N2O2/c1-2-9-16-14-8-4-3-7-13(14)15(18)17-11-12-6-5-10-19-12/h3-8,10,16H,2,9,11H2,1H3,(H,17,18). The molecule has 0 saturated carbocycles. The van der Waals surface area contributed by atoms with Crippen LogP contribution < -0.4 is 10.6 Å². The van der Waals surface area contributed by atoms with E-state index in [1.807, 2.05) is 30.3 Å². The van der Waals surface area contributed by atoms with E-state index in [0.29, 0.717) is 12.1 Å². The average Bonchev–Trinajstić information content (AvgIpc) is 2.96. The van der Waals surface area contributed by atoms with E-state index < -0.39 is 0 Å². The fourth-order valence-electron chi connectivity index (χ4n) is 1.77. The molecule has 1 aromatic carbocycles. The molecule has 0 unspecified atom stereocenters. The lowest BCUT2D eigenvalue weighted by Crippen LogP contribution is -2.23. The second-order valence-electron chi connectivity index (χ2n) is 4.23. The van der Waals surface area contributed by atoms with Crippen LogP contribution in [0.25, 0.3) is 0 Å². The van der Waals surface area contributed by atoms with E-state index in [2.05, 4.69) is 17.6 Å². The van der Waals surface area contributed by atoms with Crippen LogP contribution in [0.1, 0.15) is 29.5 Å². The van der Waals surface area contributed by atoms with Gasteiger partial charge in [-0.05, 0) is 30.7 Å². The second kappa shape index (κ2) is 6.64. The van der Waals surface area contributed by atoms with E-state index in [-0.39, 0.29) is 5.91 Å². The highest BCUT2D eigenvalue weighted by molar-refractivity contribution is 5.99. The maximum atomic E-state index is 12.1. The summed E-state index contributed by atoms with van der Waals surface area (Å²) < 4.78 is 5.18. The Hall–Kier alpha value is -2.23. The number of hydrogen-bond acceptors (Lipinski definition) is 3. The van der Waals surface area contributed by atoms with Gasteiger partial charge in [-0.15, -0.1) is 0 Å². The molecular formula is C15H18N2O2. The molecule has 0 saturated heterocycles. The predicted molar refractivity (Wildman–Crippen MR) is 75.1 cm³/mol. The first kappa shape index (κ1) is 13.2. The first-order chi connectivity index (χ1) is 9.31. The number of furan rings is 1. The highest BCUT2D eigenvalue weighted by atomic mass is 16.3. The molecule has 0 fully saturated rings. The second-order valence-corrected chi connectivity index (χ2v) is 4.23. The van der Waals surface area contributed by atoms with E-state index in [4.69, 9.17) is 4.42 Å². The number of rotatable bonds is 6. The highest BCUT2D eigenvalue weighted by Gasteiger charge is 2.10. The monoisotopic (exact) mass is 258 g/mol. The molecular weight excluding hydrogens is 240 g/mol. The largest absolute Gasteiger partial charge is 0.467 e. The number of benzene rings is 1. The molecule has 0 atom stereocenters. The SMILES string of the molecule is CCCNc1ccccc1C(=O)NCc1ccco1. The number of hydrogen-bond donors (Lipinski definition) is 2. The molecule has 4 heteroatoms. The van der Waals surface area contributed by atoms with Crippen LogP contribution in [0, 0.1) is 0 Å². The first-order valence-electron chi connectivity index (χ1n) is 6.44. The number of nitrogens with one attached hydrogen (secondary N) is 2. The van der Waals surface area contributed by atoms with Crippen molar-refractivity contribution in [3.05, 3.63) is 54.0 Å². The minimum atomic E-state index is -0.101. The number of anilines is 1. The van der Waals surface area contributed by atoms with Gasteiger partial charge in [0, 0.05) is 12.2 Å². The van der Waals surface area contributed by atoms with Crippen molar-refractivity contribution >= 4 is 11.6 Å². The molecule has 4 nitrogen and oxygen atoms in total. The molecule has 0 radical (unpaired) electrons. The Morgan fingerprint density at radius 2 is 2.05 bits per heavy atom. The number of para-hydroxylation sites is 1. The van der Waals surface area contributed by atoms with Crippen LogP contribution in [0.4, 0.5) is 5.69 Å². The van der Waals surface area contributed by atoms with E-state index in [9.17, 15) is 4.79 Å². The van der Waals surface area contributed by atoms with Crippen LogP contribution >= 0.6 is 0 Å². The summed E-state index contributed by atoms with van der Waals surface area (Å²) in [4.78, 5) is 12.1. The minimum Gasteiger partial charge on any atom is -0.467 e. The fraction of sp³-hybridized carbons (Fsp3) is 0.267. The summed E-state index contributed by atoms with van der Waals surface area (Å²) in [6.07, 6.45) is 2.61. The predicted octanol–water partition coefficient (Wildman–Crippen LogP) is 3.03. The third-order valence-electron chi connectivity index (χ3n) is 2.74. The lowest BCUT2D eigenvalue weighted by Gasteiger charge is -2.11. The molecule has 0 aliphatic heterocycles. The molecule has 0 aliphatic carbocycles. The van der Waals surface area contributed by atoms with Crippen molar-refractivity contribution in [2.24, 2.45) is 0 Å². The zero-order chi connectivity index (χ0) is 13.5. The summed E-state index contributed by atoms with van der Waals surface area (Å²) in [7, 11) is 0. The van der Waals surface area contributed by atoms with Gasteiger partial charge in [0.15, 0.2) is 0 Å². The van der Waals surface area contributed by atoms with Crippen molar-refractivity contribution in [3.8, 4) is 0 Å². The van der Waals surface area contributed by atoms with Crippen molar-refractivity contribution < 1.29 is 9.21 Å². The van der Waals surface area contributed by atoms with Gasteiger partial charge in [0.25, 0.3) is 5.91 Å². The Kier molecular flexibility index (Phi) is 4.61. The minimum absolute atomic E-state index is 0.101. The van der Waals surface area contributed by atoms with Gasteiger partial charge in [0.2, 0.25) is 0 Å². The van der Waals surface area contributed by atoms with Gasteiger partial charge >= 0.3 is 0 Å². The number of carbonyl (C=O) groups is 1. The molecule has 0 spiro atoms. The highest BCUT2D eigenvalue weighted by Crippen LogP contribution is 2.15. The summed E-state index contributed by atoms with van der Waals surface area (Å²) in [5.41, 5.74) is 1.52. The van der Waals surface area contributed by atoms with Crippen LogP contribution in [0.15, 0.2) is 47.1 Å². The van der Waals surface area contributed by atoms with E-state index >= 15 is 0 Å². The summed E-state index contributed by atoms with van der Waals surface area (Å²) >= 11 is 0.